The molecule has 7 rings (SSSR count). The van der Waals surface area contributed by atoms with Crippen LogP contribution in [0.4, 0.5) is 0 Å². The largest absolute Gasteiger partial charge is 0.504 e. The molecular weight excluding hydrogens is 547 g/mol. The van der Waals surface area contributed by atoms with Crippen molar-refractivity contribution < 1.29 is 23.4 Å². The molecule has 0 aromatic heterocycles. The van der Waals surface area contributed by atoms with Gasteiger partial charge in [0.25, 0.3) is 0 Å². The van der Waals surface area contributed by atoms with E-state index >= 15 is 0 Å². The lowest BCUT2D eigenvalue weighted by molar-refractivity contribution is -0.195. The molecule has 204 valence electrons. The Bertz CT molecular complexity index is 1430. The van der Waals surface area contributed by atoms with Crippen LogP contribution in [0.5, 0.6) is 11.5 Å². The van der Waals surface area contributed by atoms with Gasteiger partial charge in [-0.15, -0.1) is 0 Å². The van der Waals surface area contributed by atoms with E-state index in [1.54, 1.807) is 31.3 Å². The lowest BCUT2D eigenvalue weighted by atomic mass is 9.48. The SMILES string of the molecule is CN([C@H]1CC[C@@]2(O)[C@H]3Cc4ccc(O)c5c4[C@@]2(CCN3CC2CC2)[C@H]1O5)S(=O)(=O)Cc1ccc(Cl)c(Cl)c1. The van der Waals surface area contributed by atoms with E-state index < -0.39 is 33.2 Å². The average Bonchev–Trinajstić information content (AvgIpc) is 3.61. The predicted molar refractivity (Wildman–Crippen MR) is 145 cm³/mol. The standard InChI is InChI=1S/C28H32Cl2N2O5S/c1-31(38(35,36)15-17-4-6-19(29)20(30)12-17)21-8-9-28(34)23-13-18-5-7-22(33)25-24(18)27(28,26(21)37-25)10-11-32(23)14-16-2-3-16/h4-7,12,16,21,23,26,33-34H,2-3,8-11,13-15H2,1H3/t21-,23+,26-,27-,28+/m0/s1. The summed E-state index contributed by atoms with van der Waals surface area (Å²) in [6, 6.07) is 7.96. The van der Waals surface area contributed by atoms with E-state index in [4.69, 9.17) is 27.9 Å². The number of phenolic OH excluding ortho intramolecular Hbond substituents is 1. The minimum Gasteiger partial charge on any atom is -0.504 e. The van der Waals surface area contributed by atoms with Gasteiger partial charge >= 0.3 is 0 Å². The number of phenols is 1. The quantitative estimate of drug-likeness (QED) is 0.536. The highest BCUT2D eigenvalue weighted by atomic mass is 35.5. The van der Waals surface area contributed by atoms with Gasteiger partial charge in [-0.1, -0.05) is 35.3 Å². The van der Waals surface area contributed by atoms with Crippen LogP contribution in [0, 0.1) is 5.92 Å². The molecule has 0 amide bonds. The van der Waals surface area contributed by atoms with Crippen molar-refractivity contribution in [2.75, 3.05) is 20.1 Å². The summed E-state index contributed by atoms with van der Waals surface area (Å²) in [6.45, 7) is 1.82. The van der Waals surface area contributed by atoms with Crippen LogP contribution in [0.2, 0.25) is 10.0 Å². The van der Waals surface area contributed by atoms with Crippen LogP contribution >= 0.6 is 23.2 Å². The number of piperidine rings is 1. The lowest BCUT2D eigenvalue weighted by Crippen LogP contribution is -2.78. The second-order valence-corrected chi connectivity index (χ2v) is 14.8. The first-order valence-electron chi connectivity index (χ1n) is 13.4. The van der Waals surface area contributed by atoms with E-state index in [0.717, 1.165) is 24.2 Å². The number of likely N-dealkylation sites (tertiary alicyclic amines) is 1. The third kappa shape index (κ3) is 3.47. The van der Waals surface area contributed by atoms with E-state index in [9.17, 15) is 18.6 Å². The minimum absolute atomic E-state index is 0.0498. The second kappa shape index (κ2) is 8.48. The molecule has 3 fully saturated rings. The van der Waals surface area contributed by atoms with Crippen LogP contribution in [-0.2, 0) is 27.6 Å². The Morgan fingerprint density at radius 1 is 1.13 bits per heavy atom. The molecule has 5 aliphatic rings. The highest BCUT2D eigenvalue weighted by Crippen LogP contribution is 2.66. The molecule has 5 atom stereocenters. The minimum atomic E-state index is -3.76. The van der Waals surface area contributed by atoms with Gasteiger partial charge in [-0.2, -0.15) is 4.31 Å². The van der Waals surface area contributed by atoms with Crippen LogP contribution in [0.25, 0.3) is 0 Å². The smallest absolute Gasteiger partial charge is 0.218 e. The number of nitrogens with zero attached hydrogens (tertiary/aromatic N) is 2. The highest BCUT2D eigenvalue weighted by molar-refractivity contribution is 7.88. The molecule has 2 N–H and O–H groups in total. The summed E-state index contributed by atoms with van der Waals surface area (Å²) in [5.41, 5.74) is 0.722. The van der Waals surface area contributed by atoms with E-state index in [1.165, 1.54) is 17.1 Å². The molecule has 10 heteroatoms. The molecule has 2 bridgehead atoms. The van der Waals surface area contributed by atoms with Gasteiger partial charge in [-0.05, 0) is 80.3 Å². The van der Waals surface area contributed by atoms with Crippen molar-refractivity contribution in [3.63, 3.8) is 0 Å². The number of halogens is 2. The maximum atomic E-state index is 13.7. The maximum Gasteiger partial charge on any atom is 0.218 e. The normalized spacial score (nSPS) is 33.8. The van der Waals surface area contributed by atoms with Gasteiger partial charge in [0, 0.05) is 25.2 Å². The molecule has 1 saturated heterocycles. The van der Waals surface area contributed by atoms with Crippen LogP contribution < -0.4 is 4.74 Å². The summed E-state index contributed by atoms with van der Waals surface area (Å²) in [4.78, 5) is 2.47. The number of likely N-dealkylation sites (N-methyl/N-ethyl adjacent to an activating group) is 1. The second-order valence-electron chi connectivity index (χ2n) is 11.9. The van der Waals surface area contributed by atoms with Crippen LogP contribution in [0.1, 0.15) is 48.8 Å². The van der Waals surface area contributed by atoms with Gasteiger partial charge in [0.15, 0.2) is 11.5 Å². The number of rotatable bonds is 6. The van der Waals surface area contributed by atoms with Crippen molar-refractivity contribution in [3.05, 3.63) is 57.1 Å². The first-order chi connectivity index (χ1) is 18.0. The highest BCUT2D eigenvalue weighted by Gasteiger charge is 2.73. The topological polar surface area (TPSA) is 90.3 Å². The number of hydrogen-bond acceptors (Lipinski definition) is 6. The van der Waals surface area contributed by atoms with Crippen LogP contribution in [0.3, 0.4) is 0 Å². The third-order valence-electron chi connectivity index (χ3n) is 9.97. The molecule has 2 aromatic carbocycles. The zero-order valence-corrected chi connectivity index (χ0v) is 23.6. The van der Waals surface area contributed by atoms with Gasteiger partial charge in [-0.25, -0.2) is 8.42 Å². The maximum absolute atomic E-state index is 13.7. The third-order valence-corrected chi connectivity index (χ3v) is 12.6. The van der Waals surface area contributed by atoms with E-state index in [-0.39, 0.29) is 17.5 Å². The molecule has 3 aliphatic carbocycles. The fraction of sp³-hybridized carbons (Fsp3) is 0.571. The number of hydrogen-bond donors (Lipinski definition) is 2. The van der Waals surface area contributed by atoms with Gasteiger partial charge in [0.1, 0.15) is 6.10 Å². The predicted octanol–water partition coefficient (Wildman–Crippen LogP) is 4.09. The summed E-state index contributed by atoms with van der Waals surface area (Å²) in [6.07, 6.45) is 4.22. The molecule has 0 unspecified atom stereocenters. The fourth-order valence-corrected chi connectivity index (χ4v) is 9.73. The van der Waals surface area contributed by atoms with E-state index in [0.29, 0.717) is 53.0 Å². The molecule has 7 nitrogen and oxygen atoms in total. The Morgan fingerprint density at radius 3 is 2.66 bits per heavy atom. The Hall–Kier alpha value is -1.55. The Balaban J connectivity index is 1.28. The molecular formula is C28H32Cl2N2O5S. The average molecular weight is 580 g/mol. The Kier molecular flexibility index (Phi) is 5.67. The number of aliphatic hydroxyl groups is 1. The van der Waals surface area contributed by atoms with E-state index in [1.807, 2.05) is 6.07 Å². The van der Waals surface area contributed by atoms with Crippen LogP contribution in [-0.4, -0.2) is 71.8 Å². The van der Waals surface area contributed by atoms with Gasteiger partial charge in [0.05, 0.1) is 32.9 Å². The summed E-state index contributed by atoms with van der Waals surface area (Å²) >= 11 is 12.2. The van der Waals surface area contributed by atoms with Crippen LogP contribution in [0.15, 0.2) is 30.3 Å². The monoisotopic (exact) mass is 578 g/mol. The molecule has 2 saturated carbocycles. The number of sulfonamides is 1. The van der Waals surface area contributed by atoms with Crippen molar-refractivity contribution >= 4 is 33.2 Å². The lowest BCUT2D eigenvalue weighted by Gasteiger charge is -2.64. The Morgan fingerprint density at radius 2 is 1.92 bits per heavy atom. The van der Waals surface area contributed by atoms with Crippen molar-refractivity contribution in [2.45, 2.75) is 73.5 Å². The van der Waals surface area contributed by atoms with Crippen molar-refractivity contribution in [2.24, 2.45) is 5.92 Å². The fourth-order valence-electron chi connectivity index (χ4n) is 7.98. The summed E-state index contributed by atoms with van der Waals surface area (Å²) < 4.78 is 35.4. The van der Waals surface area contributed by atoms with E-state index in [2.05, 4.69) is 4.90 Å². The number of benzene rings is 2. The molecule has 38 heavy (non-hydrogen) atoms. The molecule has 2 aromatic rings. The van der Waals surface area contributed by atoms with Crippen molar-refractivity contribution in [1.82, 2.24) is 9.21 Å². The first-order valence-corrected chi connectivity index (χ1v) is 15.8. The molecule has 0 radical (unpaired) electrons. The molecule has 2 aliphatic heterocycles. The van der Waals surface area contributed by atoms with Gasteiger partial charge < -0.3 is 14.9 Å². The zero-order chi connectivity index (χ0) is 26.6. The van der Waals surface area contributed by atoms with Gasteiger partial charge in [-0.3, -0.25) is 4.90 Å². The van der Waals surface area contributed by atoms with Crippen molar-refractivity contribution in [3.8, 4) is 11.5 Å². The summed E-state index contributed by atoms with van der Waals surface area (Å²) in [5.74, 6) is 0.951. The van der Waals surface area contributed by atoms with Crippen molar-refractivity contribution in [1.29, 1.82) is 0 Å². The number of ether oxygens (including phenoxy) is 1. The zero-order valence-electron chi connectivity index (χ0n) is 21.2. The Labute approximate surface area is 233 Å². The number of aromatic hydroxyl groups is 1. The summed E-state index contributed by atoms with van der Waals surface area (Å²) in [7, 11) is -2.15. The van der Waals surface area contributed by atoms with Gasteiger partial charge in [0.2, 0.25) is 10.0 Å². The molecule has 2 heterocycles. The first kappa shape index (κ1) is 25.4. The molecule has 1 spiro atoms. The summed E-state index contributed by atoms with van der Waals surface area (Å²) in [5, 5.41) is 24.1.